The lowest BCUT2D eigenvalue weighted by atomic mass is 10.0. The number of phenols is 1. The van der Waals surface area contributed by atoms with E-state index < -0.39 is 0 Å². The molecule has 2 N–H and O–H groups in total. The fourth-order valence-electron chi connectivity index (χ4n) is 4.08. The average Bonchev–Trinajstić information content (AvgIpc) is 3.15. The fraction of sp³-hybridized carbons (Fsp3) is 0.0385. The molecular formula is C26H20N2O2. The van der Waals surface area contributed by atoms with Crippen LogP contribution in [0.3, 0.4) is 0 Å². The lowest BCUT2D eigenvalue weighted by Gasteiger charge is -2.24. The molecule has 30 heavy (non-hydrogen) atoms. The van der Waals surface area contributed by atoms with E-state index in [1.54, 1.807) is 24.0 Å². The number of carbonyl (C=O) groups is 1. The number of para-hydroxylation sites is 1. The van der Waals surface area contributed by atoms with E-state index >= 15 is 0 Å². The molecule has 0 bridgehead atoms. The second-order valence-corrected chi connectivity index (χ2v) is 7.26. The molecule has 4 heteroatoms. The number of rotatable bonds is 3. The van der Waals surface area contributed by atoms with E-state index in [0.29, 0.717) is 5.39 Å². The molecule has 0 atom stereocenters. The van der Waals surface area contributed by atoms with Crippen molar-refractivity contribution in [3.05, 3.63) is 91.0 Å². The lowest BCUT2D eigenvalue weighted by molar-refractivity contribution is -0.115. The van der Waals surface area contributed by atoms with Crippen LogP contribution in [0.1, 0.15) is 6.92 Å². The summed E-state index contributed by atoms with van der Waals surface area (Å²) in [5.74, 6) is 0.0906. The largest absolute Gasteiger partial charge is 0.507 e. The van der Waals surface area contributed by atoms with Crippen molar-refractivity contribution in [2.24, 2.45) is 0 Å². The number of benzene rings is 4. The third-order valence-corrected chi connectivity index (χ3v) is 5.40. The molecule has 0 unspecified atom stereocenters. The molecule has 0 spiro atoms. The molecule has 5 rings (SSSR count). The van der Waals surface area contributed by atoms with E-state index in [9.17, 15) is 9.90 Å². The number of aromatic nitrogens is 1. The molecule has 0 aliphatic rings. The van der Waals surface area contributed by atoms with E-state index in [-0.39, 0.29) is 11.7 Å². The van der Waals surface area contributed by atoms with E-state index in [0.717, 1.165) is 38.9 Å². The number of hydrogen-bond acceptors (Lipinski definition) is 2. The van der Waals surface area contributed by atoms with Crippen LogP contribution >= 0.6 is 0 Å². The third kappa shape index (κ3) is 2.81. The Morgan fingerprint density at radius 1 is 0.767 bits per heavy atom. The van der Waals surface area contributed by atoms with Gasteiger partial charge in [0.15, 0.2) is 0 Å². The number of aromatic hydroxyl groups is 1. The molecule has 0 radical (unpaired) electrons. The molecule has 4 aromatic carbocycles. The Hall–Kier alpha value is -4.05. The zero-order valence-corrected chi connectivity index (χ0v) is 16.5. The minimum Gasteiger partial charge on any atom is -0.507 e. The standard InChI is InChI=1S/C26H20N2O2/c1-17(29)28(23-15-16-24(30)20-12-6-5-11-19(20)23)26-21-13-7-8-14-22(21)27-25(26)18-9-3-2-4-10-18/h2-16,27,30H,1H3. The van der Waals surface area contributed by atoms with Crippen LogP contribution in [0.2, 0.25) is 0 Å². The van der Waals surface area contributed by atoms with Crippen molar-refractivity contribution in [2.75, 3.05) is 4.90 Å². The first-order valence-electron chi connectivity index (χ1n) is 9.82. The minimum absolute atomic E-state index is 0.104. The monoisotopic (exact) mass is 392 g/mol. The van der Waals surface area contributed by atoms with Gasteiger partial charge < -0.3 is 10.1 Å². The van der Waals surface area contributed by atoms with E-state index in [2.05, 4.69) is 4.98 Å². The summed E-state index contributed by atoms with van der Waals surface area (Å²) in [4.78, 5) is 18.3. The molecule has 1 amide bonds. The van der Waals surface area contributed by atoms with Gasteiger partial charge >= 0.3 is 0 Å². The van der Waals surface area contributed by atoms with Gasteiger partial charge in [0, 0.05) is 34.2 Å². The summed E-state index contributed by atoms with van der Waals surface area (Å²) >= 11 is 0. The molecule has 1 heterocycles. The van der Waals surface area contributed by atoms with Crippen molar-refractivity contribution in [2.45, 2.75) is 6.92 Å². The van der Waals surface area contributed by atoms with E-state index in [1.807, 2.05) is 78.9 Å². The Balaban J connectivity index is 1.86. The van der Waals surface area contributed by atoms with Crippen molar-refractivity contribution in [1.29, 1.82) is 0 Å². The molecule has 5 aromatic rings. The Bertz CT molecular complexity index is 1390. The fourth-order valence-corrected chi connectivity index (χ4v) is 4.08. The zero-order valence-electron chi connectivity index (χ0n) is 16.5. The number of aromatic amines is 1. The van der Waals surface area contributed by atoms with Crippen molar-refractivity contribution < 1.29 is 9.90 Å². The van der Waals surface area contributed by atoms with Crippen molar-refractivity contribution in [1.82, 2.24) is 4.98 Å². The first-order chi connectivity index (χ1) is 14.6. The van der Waals surface area contributed by atoms with Crippen molar-refractivity contribution >= 4 is 39.0 Å². The van der Waals surface area contributed by atoms with Crippen LogP contribution in [0, 0.1) is 0 Å². The lowest BCUT2D eigenvalue weighted by Crippen LogP contribution is -2.23. The van der Waals surface area contributed by atoms with E-state index in [4.69, 9.17) is 0 Å². The number of amides is 1. The van der Waals surface area contributed by atoms with Crippen LogP contribution in [0.15, 0.2) is 91.0 Å². The minimum atomic E-state index is -0.104. The summed E-state index contributed by atoms with van der Waals surface area (Å²) in [6.07, 6.45) is 0. The van der Waals surface area contributed by atoms with E-state index in [1.165, 1.54) is 0 Å². The van der Waals surface area contributed by atoms with Crippen LogP contribution in [0.25, 0.3) is 32.9 Å². The molecule has 0 saturated carbocycles. The number of H-pyrrole nitrogens is 1. The highest BCUT2D eigenvalue weighted by molar-refractivity contribution is 6.16. The predicted octanol–water partition coefficient (Wildman–Crippen LogP) is 6.38. The SMILES string of the molecule is CC(=O)N(c1c(-c2ccccc2)[nH]c2ccccc12)c1ccc(O)c2ccccc12. The number of anilines is 2. The number of nitrogens with zero attached hydrogens (tertiary/aromatic N) is 1. The highest BCUT2D eigenvalue weighted by Gasteiger charge is 2.25. The molecular weight excluding hydrogens is 372 g/mol. The van der Waals surface area contributed by atoms with Gasteiger partial charge in [-0.2, -0.15) is 0 Å². The molecule has 0 fully saturated rings. The smallest absolute Gasteiger partial charge is 0.228 e. The summed E-state index contributed by atoms with van der Waals surface area (Å²) in [6, 6.07) is 29.0. The summed E-state index contributed by atoms with van der Waals surface area (Å²) in [5, 5.41) is 12.8. The third-order valence-electron chi connectivity index (χ3n) is 5.40. The van der Waals surface area contributed by atoms with Gasteiger partial charge in [-0.1, -0.05) is 72.8 Å². The molecule has 0 aliphatic carbocycles. The second kappa shape index (κ2) is 7.08. The summed E-state index contributed by atoms with van der Waals surface area (Å²) in [6.45, 7) is 1.57. The molecule has 146 valence electrons. The Morgan fingerprint density at radius 3 is 2.13 bits per heavy atom. The highest BCUT2D eigenvalue weighted by Crippen LogP contribution is 2.44. The summed E-state index contributed by atoms with van der Waals surface area (Å²) in [7, 11) is 0. The highest BCUT2D eigenvalue weighted by atomic mass is 16.3. The topological polar surface area (TPSA) is 56.3 Å². The Labute approximate surface area is 174 Å². The van der Waals surface area contributed by atoms with Gasteiger partial charge in [0.25, 0.3) is 0 Å². The first kappa shape index (κ1) is 18.0. The Morgan fingerprint density at radius 2 is 1.40 bits per heavy atom. The molecule has 0 saturated heterocycles. The van der Waals surface area contributed by atoms with Gasteiger partial charge in [0.05, 0.1) is 17.1 Å². The number of carbonyl (C=O) groups excluding carboxylic acids is 1. The van der Waals surface area contributed by atoms with Crippen molar-refractivity contribution in [3.8, 4) is 17.0 Å². The van der Waals surface area contributed by atoms with Crippen LogP contribution in [-0.4, -0.2) is 16.0 Å². The summed E-state index contributed by atoms with van der Waals surface area (Å²) < 4.78 is 0. The molecule has 1 aromatic heterocycles. The molecule has 4 nitrogen and oxygen atoms in total. The quantitative estimate of drug-likeness (QED) is 0.374. The maximum Gasteiger partial charge on any atom is 0.228 e. The first-order valence-corrected chi connectivity index (χ1v) is 9.82. The number of hydrogen-bond donors (Lipinski definition) is 2. The van der Waals surface area contributed by atoms with Crippen LogP contribution in [0.5, 0.6) is 5.75 Å². The maximum absolute atomic E-state index is 13.0. The van der Waals surface area contributed by atoms with Crippen LogP contribution in [0.4, 0.5) is 11.4 Å². The van der Waals surface area contributed by atoms with Gasteiger partial charge in [-0.05, 0) is 18.2 Å². The second-order valence-electron chi connectivity index (χ2n) is 7.26. The number of nitrogens with one attached hydrogen (secondary N) is 1. The van der Waals surface area contributed by atoms with Crippen LogP contribution in [-0.2, 0) is 4.79 Å². The molecule has 0 aliphatic heterocycles. The zero-order chi connectivity index (χ0) is 20.7. The van der Waals surface area contributed by atoms with Gasteiger partial charge in [0.2, 0.25) is 5.91 Å². The normalized spacial score (nSPS) is 11.1. The summed E-state index contributed by atoms with van der Waals surface area (Å²) in [5.41, 5.74) is 4.38. The maximum atomic E-state index is 13.0. The van der Waals surface area contributed by atoms with Crippen molar-refractivity contribution in [3.63, 3.8) is 0 Å². The van der Waals surface area contributed by atoms with Gasteiger partial charge in [-0.15, -0.1) is 0 Å². The number of fused-ring (bicyclic) bond motifs is 2. The average molecular weight is 392 g/mol. The number of phenolic OH excluding ortho intramolecular Hbond substituents is 1. The van der Waals surface area contributed by atoms with Gasteiger partial charge in [0.1, 0.15) is 5.75 Å². The Kier molecular flexibility index (Phi) is 4.25. The predicted molar refractivity (Wildman–Crippen MR) is 122 cm³/mol. The van der Waals surface area contributed by atoms with Gasteiger partial charge in [-0.3, -0.25) is 9.69 Å². The van der Waals surface area contributed by atoms with Gasteiger partial charge in [-0.25, -0.2) is 0 Å². The van der Waals surface area contributed by atoms with Crippen LogP contribution < -0.4 is 4.90 Å².